The molecule has 1 aliphatic rings. The van der Waals surface area contributed by atoms with Crippen LogP contribution in [-0.4, -0.2) is 36.3 Å². The molecule has 6 heteroatoms. The number of hydrogen-bond donors (Lipinski definition) is 0. The lowest BCUT2D eigenvalue weighted by atomic mass is 10.0. The number of para-hydroxylation sites is 1. The quantitative estimate of drug-likeness (QED) is 0.663. The average molecular weight is 392 g/mol. The van der Waals surface area contributed by atoms with Crippen LogP contribution < -0.4 is 4.90 Å². The number of rotatable bonds is 4. The van der Waals surface area contributed by atoms with Gasteiger partial charge in [0.2, 0.25) is 5.91 Å². The van der Waals surface area contributed by atoms with Gasteiger partial charge in [-0.15, -0.1) is 0 Å². The summed E-state index contributed by atoms with van der Waals surface area (Å²) in [6, 6.07) is 18.0. The molecule has 0 N–H and O–H groups in total. The molecule has 148 valence electrons. The van der Waals surface area contributed by atoms with Crippen LogP contribution in [0.3, 0.4) is 0 Å². The molecular weight excluding hydrogens is 371 g/mol. The largest absolute Gasteiger partial charge is 0.451 e. The smallest absolute Gasteiger partial charge is 0.290 e. The van der Waals surface area contributed by atoms with Crippen LogP contribution in [0.15, 0.2) is 71.1 Å². The van der Waals surface area contributed by atoms with Gasteiger partial charge in [0.15, 0.2) is 5.76 Å². The Balaban J connectivity index is 1.52. The number of carbonyl (C=O) groups excluding carboxylic acids is 2. The minimum absolute atomic E-state index is 0.0939. The van der Waals surface area contributed by atoms with Crippen LogP contribution in [0.4, 0.5) is 10.1 Å². The van der Waals surface area contributed by atoms with Gasteiger partial charge in [0.1, 0.15) is 17.6 Å². The summed E-state index contributed by atoms with van der Waals surface area (Å²) in [4.78, 5) is 29.1. The number of anilines is 1. The first-order chi connectivity index (χ1) is 14.0. The lowest BCUT2D eigenvalue weighted by Crippen LogP contribution is -2.53. The number of benzene rings is 2. The molecule has 3 aromatic rings. The van der Waals surface area contributed by atoms with Gasteiger partial charge in [0, 0.05) is 24.8 Å². The summed E-state index contributed by atoms with van der Waals surface area (Å²) in [7, 11) is 1.62. The van der Waals surface area contributed by atoms with Gasteiger partial charge in [-0.2, -0.15) is 0 Å². The van der Waals surface area contributed by atoms with Crippen molar-refractivity contribution in [1.29, 1.82) is 0 Å². The van der Waals surface area contributed by atoms with Crippen molar-refractivity contribution in [2.45, 2.75) is 18.9 Å². The van der Waals surface area contributed by atoms with Crippen LogP contribution in [0.2, 0.25) is 0 Å². The summed E-state index contributed by atoms with van der Waals surface area (Å²) in [6.07, 6.45) is 1.41. The third kappa shape index (κ3) is 3.78. The minimum atomic E-state index is -0.546. The standard InChI is InChI=1S/C23H21FN2O3/c1-25(19-8-5-15-26(22(19)27)18-6-3-2-4-7-18)23(28)21-14-13-20(29-21)16-9-11-17(24)12-10-16/h2-4,6-7,9-14,19H,5,8,15H2,1H3. The number of likely N-dealkylation sites (N-methyl/N-ethyl adjacent to an activating group) is 1. The van der Waals surface area contributed by atoms with E-state index in [-0.39, 0.29) is 23.4 Å². The lowest BCUT2D eigenvalue weighted by Gasteiger charge is -2.36. The van der Waals surface area contributed by atoms with Crippen LogP contribution in [-0.2, 0) is 4.79 Å². The average Bonchev–Trinajstić information content (AvgIpc) is 3.24. The molecule has 2 amide bonds. The molecule has 1 fully saturated rings. The third-order valence-electron chi connectivity index (χ3n) is 5.21. The van der Waals surface area contributed by atoms with E-state index in [0.717, 1.165) is 12.1 Å². The first-order valence-corrected chi connectivity index (χ1v) is 9.54. The number of amides is 2. The first-order valence-electron chi connectivity index (χ1n) is 9.54. The second kappa shape index (κ2) is 7.91. The number of nitrogens with zero attached hydrogens (tertiary/aromatic N) is 2. The molecule has 0 bridgehead atoms. The summed E-state index contributed by atoms with van der Waals surface area (Å²) < 4.78 is 18.8. The Labute approximate surface area is 168 Å². The van der Waals surface area contributed by atoms with Crippen LogP contribution in [0, 0.1) is 5.82 Å². The van der Waals surface area contributed by atoms with Crippen LogP contribution in [0.5, 0.6) is 0 Å². The maximum atomic E-state index is 13.1. The molecule has 5 nitrogen and oxygen atoms in total. The molecule has 1 unspecified atom stereocenters. The van der Waals surface area contributed by atoms with Gasteiger partial charge >= 0.3 is 0 Å². The Morgan fingerprint density at radius 3 is 2.52 bits per heavy atom. The summed E-state index contributed by atoms with van der Waals surface area (Å²) in [5.41, 5.74) is 1.51. The van der Waals surface area contributed by atoms with Crippen molar-refractivity contribution in [3.63, 3.8) is 0 Å². The third-order valence-corrected chi connectivity index (χ3v) is 5.21. The molecule has 4 rings (SSSR count). The van der Waals surface area contributed by atoms with E-state index in [1.807, 2.05) is 30.3 Å². The fourth-order valence-electron chi connectivity index (χ4n) is 3.62. The zero-order valence-electron chi connectivity index (χ0n) is 16.0. The molecular formula is C23H21FN2O3. The predicted molar refractivity (Wildman–Crippen MR) is 108 cm³/mol. The van der Waals surface area contributed by atoms with Crippen molar-refractivity contribution >= 4 is 17.5 Å². The molecule has 29 heavy (non-hydrogen) atoms. The van der Waals surface area contributed by atoms with Gasteiger partial charge < -0.3 is 14.2 Å². The number of hydrogen-bond acceptors (Lipinski definition) is 3. The van der Waals surface area contributed by atoms with Crippen LogP contribution >= 0.6 is 0 Å². The van der Waals surface area contributed by atoms with Crippen LogP contribution in [0.25, 0.3) is 11.3 Å². The van der Waals surface area contributed by atoms with E-state index in [9.17, 15) is 14.0 Å². The second-order valence-electron chi connectivity index (χ2n) is 7.07. The maximum absolute atomic E-state index is 13.1. The SMILES string of the molecule is CN(C(=O)c1ccc(-c2ccc(F)cc2)o1)C1CCCN(c2ccccc2)C1=O. The van der Waals surface area contributed by atoms with E-state index >= 15 is 0 Å². The van der Waals surface area contributed by atoms with Gasteiger partial charge in [-0.1, -0.05) is 18.2 Å². The molecule has 1 aliphatic heterocycles. The molecule has 0 aliphatic carbocycles. The monoisotopic (exact) mass is 392 g/mol. The van der Waals surface area contributed by atoms with E-state index in [4.69, 9.17) is 4.42 Å². The van der Waals surface area contributed by atoms with Gasteiger partial charge in [-0.05, 0) is 61.4 Å². The van der Waals surface area contributed by atoms with E-state index in [0.29, 0.717) is 24.3 Å². The van der Waals surface area contributed by atoms with Gasteiger partial charge in [0.25, 0.3) is 5.91 Å². The number of furan rings is 1. The topological polar surface area (TPSA) is 53.8 Å². The Morgan fingerprint density at radius 1 is 1.07 bits per heavy atom. The first kappa shape index (κ1) is 18.9. The lowest BCUT2D eigenvalue weighted by molar-refractivity contribution is -0.124. The van der Waals surface area contributed by atoms with E-state index in [2.05, 4.69) is 0 Å². The summed E-state index contributed by atoms with van der Waals surface area (Å²) in [5, 5.41) is 0. The maximum Gasteiger partial charge on any atom is 0.290 e. The summed E-state index contributed by atoms with van der Waals surface area (Å²) in [6.45, 7) is 0.636. The highest BCUT2D eigenvalue weighted by Gasteiger charge is 2.35. The molecule has 2 heterocycles. The molecule has 0 saturated carbocycles. The molecule has 0 radical (unpaired) electrons. The Bertz CT molecular complexity index is 1010. The van der Waals surface area contributed by atoms with E-state index in [1.165, 1.54) is 17.0 Å². The molecule has 2 aromatic carbocycles. The molecule has 1 aromatic heterocycles. The summed E-state index contributed by atoms with van der Waals surface area (Å²) >= 11 is 0. The van der Waals surface area contributed by atoms with Gasteiger partial charge in [-0.3, -0.25) is 9.59 Å². The molecule has 0 spiro atoms. The fraction of sp³-hybridized carbons (Fsp3) is 0.217. The highest BCUT2D eigenvalue weighted by molar-refractivity contribution is 6.02. The van der Waals surface area contributed by atoms with Gasteiger partial charge in [0.05, 0.1) is 0 Å². The van der Waals surface area contributed by atoms with Crippen molar-refractivity contribution in [2.24, 2.45) is 0 Å². The van der Waals surface area contributed by atoms with Gasteiger partial charge in [-0.25, -0.2) is 4.39 Å². The van der Waals surface area contributed by atoms with Crippen molar-refractivity contribution in [1.82, 2.24) is 4.90 Å². The highest BCUT2D eigenvalue weighted by atomic mass is 19.1. The van der Waals surface area contributed by atoms with E-state index in [1.54, 1.807) is 36.2 Å². The van der Waals surface area contributed by atoms with Crippen LogP contribution in [0.1, 0.15) is 23.4 Å². The zero-order valence-corrected chi connectivity index (χ0v) is 16.0. The number of halogens is 1. The Kier molecular flexibility index (Phi) is 5.16. The zero-order chi connectivity index (χ0) is 20.4. The number of piperidine rings is 1. The predicted octanol–water partition coefficient (Wildman–Crippen LogP) is 4.35. The van der Waals surface area contributed by atoms with E-state index < -0.39 is 6.04 Å². The summed E-state index contributed by atoms with van der Waals surface area (Å²) in [5.74, 6) is -0.163. The van der Waals surface area contributed by atoms with Crippen molar-refractivity contribution in [3.8, 4) is 11.3 Å². The normalized spacial score (nSPS) is 16.7. The highest BCUT2D eigenvalue weighted by Crippen LogP contribution is 2.26. The Morgan fingerprint density at radius 2 is 1.79 bits per heavy atom. The second-order valence-corrected chi connectivity index (χ2v) is 7.07. The molecule has 1 atom stereocenters. The fourth-order valence-corrected chi connectivity index (χ4v) is 3.62. The molecule has 1 saturated heterocycles. The number of carbonyl (C=O) groups is 2. The minimum Gasteiger partial charge on any atom is -0.451 e. The Hall–Kier alpha value is -3.41. The van der Waals surface area contributed by atoms with Crippen molar-refractivity contribution < 1.29 is 18.4 Å². The van der Waals surface area contributed by atoms with Crippen molar-refractivity contribution in [3.05, 3.63) is 78.3 Å². The van der Waals surface area contributed by atoms with Crippen molar-refractivity contribution in [2.75, 3.05) is 18.5 Å².